The highest BCUT2D eigenvalue weighted by Gasteiger charge is 2.48. The molecule has 1 amide bonds. The van der Waals surface area contributed by atoms with Gasteiger partial charge in [0.05, 0.1) is 12.7 Å². The average Bonchev–Trinajstić information content (AvgIpc) is 2.60. The molecule has 26 heavy (non-hydrogen) atoms. The van der Waals surface area contributed by atoms with Crippen LogP contribution < -0.4 is 5.32 Å². The Bertz CT molecular complexity index is 643. The molecule has 5 nitrogen and oxygen atoms in total. The minimum Gasteiger partial charge on any atom is -0.465 e. The Morgan fingerprint density at radius 2 is 2.08 bits per heavy atom. The maximum Gasteiger partial charge on any atom is 0.337 e. The highest BCUT2D eigenvalue weighted by molar-refractivity contribution is 5.89. The molecule has 3 atom stereocenters. The van der Waals surface area contributed by atoms with E-state index in [1.807, 2.05) is 6.07 Å². The number of hydrogen-bond donors (Lipinski definition) is 2. The van der Waals surface area contributed by atoms with Crippen LogP contribution in [0.1, 0.15) is 56.0 Å². The van der Waals surface area contributed by atoms with Crippen molar-refractivity contribution in [2.45, 2.75) is 52.1 Å². The molecular weight excluding hydrogens is 330 g/mol. The highest BCUT2D eigenvalue weighted by Crippen LogP contribution is 2.41. The predicted molar refractivity (Wildman–Crippen MR) is 101 cm³/mol. The summed E-state index contributed by atoms with van der Waals surface area (Å²) >= 11 is 0. The van der Waals surface area contributed by atoms with Gasteiger partial charge in [0.1, 0.15) is 5.60 Å². The van der Waals surface area contributed by atoms with Crippen LogP contribution in [0.3, 0.4) is 0 Å². The Kier molecular flexibility index (Phi) is 6.81. The molecule has 0 bridgehead atoms. The Morgan fingerprint density at radius 1 is 1.35 bits per heavy atom. The minimum atomic E-state index is -1.29. The molecule has 0 saturated heterocycles. The van der Waals surface area contributed by atoms with Crippen LogP contribution in [0.5, 0.6) is 0 Å². The van der Waals surface area contributed by atoms with E-state index in [1.165, 1.54) is 7.11 Å². The Balaban J connectivity index is 1.98. The molecule has 1 aromatic rings. The van der Waals surface area contributed by atoms with Gasteiger partial charge in [-0.1, -0.05) is 39.3 Å². The number of aliphatic hydroxyl groups is 1. The summed E-state index contributed by atoms with van der Waals surface area (Å²) in [6.07, 6.45) is 3.04. The van der Waals surface area contributed by atoms with Crippen LogP contribution >= 0.6 is 0 Å². The SMILES string of the molecule is COC(=O)c1cccc(CCNC(=O)[C@]2(O)C[C@H](C)CC[C@H]2C(C)C)c1. The molecule has 2 N–H and O–H groups in total. The van der Waals surface area contributed by atoms with E-state index >= 15 is 0 Å². The molecule has 0 spiro atoms. The lowest BCUT2D eigenvalue weighted by Gasteiger charge is -2.43. The molecule has 0 heterocycles. The number of benzene rings is 1. The van der Waals surface area contributed by atoms with Crippen LogP contribution in [-0.4, -0.2) is 36.2 Å². The maximum absolute atomic E-state index is 12.8. The molecule has 1 aliphatic carbocycles. The van der Waals surface area contributed by atoms with Crippen molar-refractivity contribution in [1.29, 1.82) is 0 Å². The molecule has 1 aliphatic rings. The summed E-state index contributed by atoms with van der Waals surface area (Å²) in [6, 6.07) is 7.18. The Labute approximate surface area is 156 Å². The third kappa shape index (κ3) is 4.64. The molecule has 144 valence electrons. The van der Waals surface area contributed by atoms with E-state index < -0.39 is 5.60 Å². The fraction of sp³-hybridized carbons (Fsp3) is 0.619. The molecule has 0 radical (unpaired) electrons. The standard InChI is InChI=1S/C21H31NO4/c1-14(2)18-9-8-15(3)13-21(18,25)20(24)22-11-10-16-6-5-7-17(12-16)19(23)26-4/h5-7,12,14-15,18,25H,8-11,13H2,1-4H3,(H,22,24)/t15-,18+,21+/m1/s1. The van der Waals surface area contributed by atoms with Crippen molar-refractivity contribution in [3.05, 3.63) is 35.4 Å². The quantitative estimate of drug-likeness (QED) is 0.764. The molecule has 1 fully saturated rings. The average molecular weight is 361 g/mol. The number of nitrogens with one attached hydrogen (secondary N) is 1. The number of methoxy groups -OCH3 is 1. The Morgan fingerprint density at radius 3 is 2.73 bits per heavy atom. The van der Waals surface area contributed by atoms with Gasteiger partial charge < -0.3 is 15.2 Å². The fourth-order valence-electron chi connectivity index (χ4n) is 4.08. The van der Waals surface area contributed by atoms with Gasteiger partial charge in [-0.3, -0.25) is 4.79 Å². The van der Waals surface area contributed by atoms with Gasteiger partial charge in [0.15, 0.2) is 0 Å². The predicted octanol–water partition coefficient (Wildman–Crippen LogP) is 2.96. The van der Waals surface area contributed by atoms with Gasteiger partial charge >= 0.3 is 5.97 Å². The van der Waals surface area contributed by atoms with Crippen LogP contribution in [0, 0.1) is 17.8 Å². The molecule has 0 aliphatic heterocycles. The minimum absolute atomic E-state index is 0.0126. The van der Waals surface area contributed by atoms with E-state index in [0.29, 0.717) is 30.9 Å². The van der Waals surface area contributed by atoms with Crippen molar-refractivity contribution >= 4 is 11.9 Å². The number of esters is 1. The van der Waals surface area contributed by atoms with Crippen molar-refractivity contribution in [3.63, 3.8) is 0 Å². The van der Waals surface area contributed by atoms with Crippen LogP contribution in [0.25, 0.3) is 0 Å². The van der Waals surface area contributed by atoms with Crippen molar-refractivity contribution in [3.8, 4) is 0 Å². The van der Waals surface area contributed by atoms with E-state index in [2.05, 4.69) is 26.1 Å². The second-order valence-corrected chi connectivity index (χ2v) is 7.86. The summed E-state index contributed by atoms with van der Waals surface area (Å²) in [4.78, 5) is 24.4. The van der Waals surface area contributed by atoms with Crippen LogP contribution in [-0.2, 0) is 16.0 Å². The van der Waals surface area contributed by atoms with Crippen molar-refractivity contribution in [2.75, 3.05) is 13.7 Å². The third-order valence-corrected chi connectivity index (χ3v) is 5.49. The van der Waals surface area contributed by atoms with Gasteiger partial charge in [0.2, 0.25) is 0 Å². The zero-order chi connectivity index (χ0) is 19.3. The first-order valence-electron chi connectivity index (χ1n) is 9.46. The first kappa shape index (κ1) is 20.4. The summed E-state index contributed by atoms with van der Waals surface area (Å²) in [5.41, 5.74) is 0.147. The van der Waals surface area contributed by atoms with Crippen molar-refractivity contribution < 1.29 is 19.4 Å². The van der Waals surface area contributed by atoms with E-state index in [4.69, 9.17) is 4.74 Å². The molecule has 0 unspecified atom stereocenters. The number of ether oxygens (including phenoxy) is 1. The van der Waals surface area contributed by atoms with Gasteiger partial charge in [-0.15, -0.1) is 0 Å². The van der Waals surface area contributed by atoms with E-state index in [9.17, 15) is 14.7 Å². The zero-order valence-corrected chi connectivity index (χ0v) is 16.2. The van der Waals surface area contributed by atoms with E-state index in [1.54, 1.807) is 18.2 Å². The topological polar surface area (TPSA) is 75.6 Å². The largest absolute Gasteiger partial charge is 0.465 e. The number of carbonyl (C=O) groups excluding carboxylic acids is 2. The molecule has 1 saturated carbocycles. The lowest BCUT2D eigenvalue weighted by atomic mass is 9.66. The molecular formula is C21H31NO4. The summed E-state index contributed by atoms with van der Waals surface area (Å²) in [6.45, 7) is 6.65. The monoisotopic (exact) mass is 361 g/mol. The number of carbonyl (C=O) groups is 2. The summed E-state index contributed by atoms with van der Waals surface area (Å²) in [5, 5.41) is 14.0. The Hall–Kier alpha value is -1.88. The van der Waals surface area contributed by atoms with E-state index in [-0.39, 0.29) is 23.7 Å². The van der Waals surface area contributed by atoms with Gasteiger partial charge in [0.25, 0.3) is 5.91 Å². The number of amides is 1. The number of hydrogen-bond acceptors (Lipinski definition) is 4. The summed E-state index contributed by atoms with van der Waals surface area (Å²) in [7, 11) is 1.35. The first-order chi connectivity index (χ1) is 12.3. The van der Waals surface area contributed by atoms with Gasteiger partial charge in [0, 0.05) is 6.54 Å². The molecule has 0 aromatic heterocycles. The molecule has 5 heteroatoms. The van der Waals surface area contributed by atoms with Gasteiger partial charge in [-0.25, -0.2) is 4.79 Å². The lowest BCUT2D eigenvalue weighted by molar-refractivity contribution is -0.155. The fourth-order valence-corrected chi connectivity index (χ4v) is 4.08. The smallest absolute Gasteiger partial charge is 0.337 e. The maximum atomic E-state index is 12.8. The zero-order valence-electron chi connectivity index (χ0n) is 16.2. The van der Waals surface area contributed by atoms with Gasteiger partial charge in [-0.05, 0) is 54.7 Å². The normalized spacial score (nSPS) is 25.8. The molecule has 2 rings (SSSR count). The highest BCUT2D eigenvalue weighted by atomic mass is 16.5. The second kappa shape index (κ2) is 8.67. The van der Waals surface area contributed by atoms with Crippen molar-refractivity contribution in [1.82, 2.24) is 5.32 Å². The molecule has 1 aromatic carbocycles. The first-order valence-corrected chi connectivity index (χ1v) is 9.46. The second-order valence-electron chi connectivity index (χ2n) is 7.86. The van der Waals surface area contributed by atoms with Crippen LogP contribution in [0.15, 0.2) is 24.3 Å². The summed E-state index contributed by atoms with van der Waals surface area (Å²) < 4.78 is 4.73. The van der Waals surface area contributed by atoms with Crippen molar-refractivity contribution in [2.24, 2.45) is 17.8 Å². The summed E-state index contributed by atoms with van der Waals surface area (Å²) in [5.74, 6) is -0.0538. The van der Waals surface area contributed by atoms with Crippen LogP contribution in [0.2, 0.25) is 0 Å². The van der Waals surface area contributed by atoms with Gasteiger partial charge in [-0.2, -0.15) is 0 Å². The third-order valence-electron chi connectivity index (χ3n) is 5.49. The lowest BCUT2D eigenvalue weighted by Crippen LogP contribution is -2.56. The van der Waals surface area contributed by atoms with E-state index in [0.717, 1.165) is 18.4 Å². The number of rotatable bonds is 6. The van der Waals surface area contributed by atoms with Crippen LogP contribution in [0.4, 0.5) is 0 Å².